The van der Waals surface area contributed by atoms with E-state index in [9.17, 15) is 14.7 Å². The summed E-state index contributed by atoms with van der Waals surface area (Å²) in [4.78, 5) is 29.4. The standard InChI is InChI=1S/C26H37N3O3/c1-17(2)12-20(25(27)31)15-24(30)23(13-18-8-4-3-5-9-18)29-26(32)21-14-19-10-6-7-11-22(19)28-16-21/h6-7,10-11,14,16-18,20,23-24,30H,3-5,8-9,12-13,15H2,1-2H3,(H2,27,31)(H,29,32)/t20-,23+,24+/m1/s1. The topological polar surface area (TPSA) is 105 Å². The van der Waals surface area contributed by atoms with Crippen LogP contribution in [0.15, 0.2) is 36.5 Å². The molecule has 4 N–H and O–H groups in total. The Morgan fingerprint density at radius 2 is 1.88 bits per heavy atom. The smallest absolute Gasteiger partial charge is 0.253 e. The van der Waals surface area contributed by atoms with E-state index in [1.54, 1.807) is 6.20 Å². The normalized spacial score (nSPS) is 17.8. The lowest BCUT2D eigenvalue weighted by Gasteiger charge is -2.31. The molecule has 0 unspecified atom stereocenters. The van der Waals surface area contributed by atoms with Gasteiger partial charge in [0.2, 0.25) is 5.91 Å². The van der Waals surface area contributed by atoms with Crippen LogP contribution in [-0.2, 0) is 4.79 Å². The van der Waals surface area contributed by atoms with Gasteiger partial charge in [-0.25, -0.2) is 0 Å². The summed E-state index contributed by atoms with van der Waals surface area (Å²) in [5.41, 5.74) is 6.92. The number of hydrogen-bond donors (Lipinski definition) is 3. The Hall–Kier alpha value is -2.47. The van der Waals surface area contributed by atoms with E-state index in [1.807, 2.05) is 44.2 Å². The van der Waals surface area contributed by atoms with Gasteiger partial charge >= 0.3 is 0 Å². The largest absolute Gasteiger partial charge is 0.391 e. The van der Waals surface area contributed by atoms with E-state index >= 15 is 0 Å². The predicted molar refractivity (Wildman–Crippen MR) is 127 cm³/mol. The van der Waals surface area contributed by atoms with E-state index < -0.39 is 18.1 Å². The molecule has 1 fully saturated rings. The van der Waals surface area contributed by atoms with Gasteiger partial charge in [-0.05, 0) is 43.2 Å². The monoisotopic (exact) mass is 439 g/mol. The highest BCUT2D eigenvalue weighted by Gasteiger charge is 2.30. The second-order valence-electron chi connectivity index (χ2n) is 9.77. The number of nitrogens with one attached hydrogen (secondary N) is 1. The lowest BCUT2D eigenvalue weighted by atomic mass is 9.81. The molecular weight excluding hydrogens is 402 g/mol. The molecule has 0 aliphatic heterocycles. The van der Waals surface area contributed by atoms with Crippen molar-refractivity contribution in [3.63, 3.8) is 0 Å². The average molecular weight is 440 g/mol. The van der Waals surface area contributed by atoms with Crippen LogP contribution in [0.5, 0.6) is 0 Å². The van der Waals surface area contributed by atoms with E-state index in [2.05, 4.69) is 10.3 Å². The van der Waals surface area contributed by atoms with Crippen molar-refractivity contribution in [2.24, 2.45) is 23.5 Å². The highest BCUT2D eigenvalue weighted by atomic mass is 16.3. The summed E-state index contributed by atoms with van der Waals surface area (Å²) in [6, 6.07) is 9.07. The number of hydrogen-bond acceptors (Lipinski definition) is 4. The number of nitrogens with zero attached hydrogens (tertiary/aromatic N) is 1. The van der Waals surface area contributed by atoms with Crippen LogP contribution >= 0.6 is 0 Å². The number of benzene rings is 1. The van der Waals surface area contributed by atoms with Gasteiger partial charge in [0.25, 0.3) is 5.91 Å². The predicted octanol–water partition coefficient (Wildman–Crippen LogP) is 4.20. The molecule has 0 radical (unpaired) electrons. The molecule has 1 saturated carbocycles. The van der Waals surface area contributed by atoms with Crippen LogP contribution in [0.2, 0.25) is 0 Å². The maximum Gasteiger partial charge on any atom is 0.253 e. The summed E-state index contributed by atoms with van der Waals surface area (Å²) in [7, 11) is 0. The minimum Gasteiger partial charge on any atom is -0.391 e. The van der Waals surface area contributed by atoms with Crippen molar-refractivity contribution in [3.8, 4) is 0 Å². The number of fused-ring (bicyclic) bond motifs is 1. The molecule has 2 amide bonds. The van der Waals surface area contributed by atoms with Crippen LogP contribution in [0.3, 0.4) is 0 Å². The lowest BCUT2D eigenvalue weighted by molar-refractivity contribution is -0.123. The minimum atomic E-state index is -0.828. The Bertz CT molecular complexity index is 908. The van der Waals surface area contributed by atoms with Crippen molar-refractivity contribution in [1.29, 1.82) is 0 Å². The number of primary amides is 1. The first-order valence-corrected chi connectivity index (χ1v) is 12.0. The summed E-state index contributed by atoms with van der Waals surface area (Å²) in [6.45, 7) is 4.08. The number of aromatic nitrogens is 1. The molecule has 1 heterocycles. The van der Waals surface area contributed by atoms with Crippen molar-refractivity contribution in [1.82, 2.24) is 10.3 Å². The zero-order chi connectivity index (χ0) is 23.1. The number of pyridine rings is 1. The first-order chi connectivity index (χ1) is 15.3. The highest BCUT2D eigenvalue weighted by Crippen LogP contribution is 2.29. The Labute approximate surface area is 191 Å². The number of para-hydroxylation sites is 1. The fraction of sp³-hybridized carbons (Fsp3) is 0.577. The number of aliphatic hydroxyl groups excluding tert-OH is 1. The molecule has 32 heavy (non-hydrogen) atoms. The summed E-state index contributed by atoms with van der Waals surface area (Å²) in [5, 5.41) is 15.1. The van der Waals surface area contributed by atoms with E-state index in [0.717, 1.165) is 23.7 Å². The van der Waals surface area contributed by atoms with Gasteiger partial charge in [-0.2, -0.15) is 0 Å². The first kappa shape index (κ1) is 24.2. The summed E-state index contributed by atoms with van der Waals surface area (Å²) < 4.78 is 0. The number of carbonyl (C=O) groups excluding carboxylic acids is 2. The molecule has 3 atom stereocenters. The van der Waals surface area contributed by atoms with Gasteiger partial charge < -0.3 is 16.2 Å². The van der Waals surface area contributed by atoms with Crippen LogP contribution in [0, 0.1) is 17.8 Å². The number of rotatable bonds is 10. The molecular formula is C26H37N3O3. The Balaban J connectivity index is 1.75. The first-order valence-electron chi connectivity index (χ1n) is 12.0. The Morgan fingerprint density at radius 3 is 2.56 bits per heavy atom. The zero-order valence-corrected chi connectivity index (χ0v) is 19.3. The number of amides is 2. The molecule has 0 saturated heterocycles. The Kier molecular flexibility index (Phi) is 8.62. The molecule has 0 spiro atoms. The van der Waals surface area contributed by atoms with Crippen LogP contribution < -0.4 is 11.1 Å². The molecule has 3 rings (SSSR count). The van der Waals surface area contributed by atoms with Crippen LogP contribution in [0.25, 0.3) is 10.9 Å². The lowest BCUT2D eigenvalue weighted by Crippen LogP contribution is -2.46. The van der Waals surface area contributed by atoms with Gasteiger partial charge in [-0.1, -0.05) is 64.2 Å². The van der Waals surface area contributed by atoms with Crippen LogP contribution in [0.1, 0.15) is 75.6 Å². The third kappa shape index (κ3) is 6.76. The molecule has 6 heteroatoms. The molecule has 1 aliphatic rings. The fourth-order valence-corrected chi connectivity index (χ4v) is 4.89. The molecule has 174 valence electrons. The van der Waals surface area contributed by atoms with E-state index in [4.69, 9.17) is 5.73 Å². The SMILES string of the molecule is CC(C)C[C@H](C[C@H](O)[C@H](CC1CCCCC1)NC(=O)c1cnc2ccccc2c1)C(N)=O. The second kappa shape index (κ2) is 11.4. The minimum absolute atomic E-state index is 0.248. The summed E-state index contributed by atoms with van der Waals surface area (Å²) in [6.07, 6.45) is 8.20. The molecule has 1 aromatic carbocycles. The van der Waals surface area contributed by atoms with Crippen LogP contribution in [-0.4, -0.2) is 34.1 Å². The maximum absolute atomic E-state index is 13.1. The third-order valence-corrected chi connectivity index (χ3v) is 6.63. The third-order valence-electron chi connectivity index (χ3n) is 6.63. The molecule has 1 aliphatic carbocycles. The van der Waals surface area contributed by atoms with Gasteiger partial charge in [0, 0.05) is 17.5 Å². The Morgan fingerprint density at radius 1 is 1.16 bits per heavy atom. The number of aliphatic hydroxyl groups is 1. The molecule has 6 nitrogen and oxygen atoms in total. The fourth-order valence-electron chi connectivity index (χ4n) is 4.89. The number of carbonyl (C=O) groups is 2. The summed E-state index contributed by atoms with van der Waals surface area (Å²) in [5.74, 6) is -0.273. The van der Waals surface area contributed by atoms with Crippen molar-refractivity contribution in [2.75, 3.05) is 0 Å². The van der Waals surface area contributed by atoms with E-state index in [0.29, 0.717) is 30.2 Å². The van der Waals surface area contributed by atoms with Crippen molar-refractivity contribution in [2.45, 2.75) is 77.4 Å². The van der Waals surface area contributed by atoms with E-state index in [1.165, 1.54) is 19.3 Å². The quantitative estimate of drug-likeness (QED) is 0.516. The maximum atomic E-state index is 13.1. The van der Waals surface area contributed by atoms with Gasteiger partial charge in [-0.3, -0.25) is 14.6 Å². The number of nitrogens with two attached hydrogens (primary N) is 1. The van der Waals surface area contributed by atoms with Crippen molar-refractivity contribution >= 4 is 22.7 Å². The van der Waals surface area contributed by atoms with Gasteiger partial charge in [0.1, 0.15) is 0 Å². The zero-order valence-electron chi connectivity index (χ0n) is 19.3. The average Bonchev–Trinajstić information content (AvgIpc) is 2.78. The van der Waals surface area contributed by atoms with Gasteiger partial charge in [0.15, 0.2) is 0 Å². The molecule has 2 aromatic rings. The van der Waals surface area contributed by atoms with Crippen molar-refractivity contribution in [3.05, 3.63) is 42.1 Å². The molecule has 0 bridgehead atoms. The summed E-state index contributed by atoms with van der Waals surface area (Å²) >= 11 is 0. The van der Waals surface area contributed by atoms with E-state index in [-0.39, 0.29) is 18.2 Å². The van der Waals surface area contributed by atoms with Gasteiger partial charge in [0.05, 0.1) is 23.2 Å². The highest BCUT2D eigenvalue weighted by molar-refractivity contribution is 5.97. The molecule has 1 aromatic heterocycles. The van der Waals surface area contributed by atoms with Crippen LogP contribution in [0.4, 0.5) is 0 Å². The van der Waals surface area contributed by atoms with Gasteiger partial charge in [-0.15, -0.1) is 0 Å². The van der Waals surface area contributed by atoms with Crippen molar-refractivity contribution < 1.29 is 14.7 Å². The second-order valence-corrected chi connectivity index (χ2v) is 9.77.